The molecule has 1 aromatic heterocycles. The molecule has 0 N–H and O–H groups in total. The largest absolute Gasteiger partial charge is 0.441 e. The predicted octanol–water partition coefficient (Wildman–Crippen LogP) is 8.95. The fourth-order valence-corrected chi connectivity index (χ4v) is 4.84. The van der Waals surface area contributed by atoms with Crippen molar-refractivity contribution >= 4 is 16.3 Å². The first-order chi connectivity index (χ1) is 18.3. The van der Waals surface area contributed by atoms with E-state index in [2.05, 4.69) is 114 Å². The SMILES string of the molecule is C(=C(c1ccccc1)c1ccccc1)C(Cc1cnc(-c2ccccc2)o1)c1ccc2ccccc2c1. The molecule has 2 heteroatoms. The van der Waals surface area contributed by atoms with E-state index in [1.165, 1.54) is 33.0 Å². The van der Waals surface area contributed by atoms with E-state index in [1.54, 1.807) is 0 Å². The van der Waals surface area contributed by atoms with Crippen LogP contribution in [-0.4, -0.2) is 4.98 Å². The molecule has 0 bridgehead atoms. The van der Waals surface area contributed by atoms with Gasteiger partial charge in [0.2, 0.25) is 5.89 Å². The molecule has 0 radical (unpaired) electrons. The van der Waals surface area contributed by atoms with E-state index in [0.29, 0.717) is 12.3 Å². The van der Waals surface area contributed by atoms with Gasteiger partial charge in [-0.2, -0.15) is 0 Å². The molecule has 37 heavy (non-hydrogen) atoms. The molecule has 6 aromatic rings. The zero-order chi connectivity index (χ0) is 24.9. The maximum atomic E-state index is 6.26. The normalized spacial score (nSPS) is 11.8. The van der Waals surface area contributed by atoms with Crippen molar-refractivity contribution in [1.82, 2.24) is 4.98 Å². The quantitative estimate of drug-likeness (QED) is 0.229. The van der Waals surface area contributed by atoms with Gasteiger partial charge < -0.3 is 4.42 Å². The molecule has 0 amide bonds. The maximum Gasteiger partial charge on any atom is 0.226 e. The Kier molecular flexibility index (Phi) is 6.46. The monoisotopic (exact) mass is 477 g/mol. The van der Waals surface area contributed by atoms with Gasteiger partial charge >= 0.3 is 0 Å². The van der Waals surface area contributed by atoms with Crippen molar-refractivity contribution in [3.8, 4) is 11.5 Å². The van der Waals surface area contributed by atoms with Crippen LogP contribution in [-0.2, 0) is 6.42 Å². The number of allylic oxidation sites excluding steroid dienone is 1. The molecule has 1 atom stereocenters. The van der Waals surface area contributed by atoms with Gasteiger partial charge in [0, 0.05) is 17.9 Å². The third kappa shape index (κ3) is 5.14. The minimum Gasteiger partial charge on any atom is -0.441 e. The summed E-state index contributed by atoms with van der Waals surface area (Å²) in [6.45, 7) is 0. The summed E-state index contributed by atoms with van der Waals surface area (Å²) in [7, 11) is 0. The van der Waals surface area contributed by atoms with Crippen LogP contribution in [0.2, 0.25) is 0 Å². The second-order valence-electron chi connectivity index (χ2n) is 9.23. The zero-order valence-electron chi connectivity index (χ0n) is 20.5. The Morgan fingerprint density at radius 3 is 1.92 bits per heavy atom. The number of oxazole rings is 1. The second-order valence-corrected chi connectivity index (χ2v) is 9.23. The van der Waals surface area contributed by atoms with Gasteiger partial charge in [-0.15, -0.1) is 0 Å². The number of hydrogen-bond acceptors (Lipinski definition) is 2. The van der Waals surface area contributed by atoms with Crippen molar-refractivity contribution in [3.63, 3.8) is 0 Å². The Balaban J connectivity index is 1.46. The Morgan fingerprint density at radius 2 is 1.24 bits per heavy atom. The second kappa shape index (κ2) is 10.5. The van der Waals surface area contributed by atoms with Crippen molar-refractivity contribution in [2.75, 3.05) is 0 Å². The number of rotatable bonds is 7. The highest BCUT2D eigenvalue weighted by Gasteiger charge is 2.17. The lowest BCUT2D eigenvalue weighted by Crippen LogP contribution is -2.02. The van der Waals surface area contributed by atoms with E-state index in [4.69, 9.17) is 4.42 Å². The molecule has 1 unspecified atom stereocenters. The molecule has 0 saturated carbocycles. The molecule has 0 aliphatic heterocycles. The van der Waals surface area contributed by atoms with E-state index in [-0.39, 0.29) is 5.92 Å². The van der Waals surface area contributed by atoms with E-state index in [0.717, 1.165) is 11.3 Å². The number of aromatic nitrogens is 1. The van der Waals surface area contributed by atoms with Crippen LogP contribution < -0.4 is 0 Å². The standard InChI is InChI=1S/C35H27NO/c1-4-13-27(14-5-1)34(28-15-6-2-7-16-28)24-32(31-21-20-26-12-10-11-19-30(26)22-31)23-33-25-36-35(37-33)29-17-8-3-9-18-29/h1-22,24-25,32H,23H2. The number of benzene rings is 5. The summed E-state index contributed by atoms with van der Waals surface area (Å²) in [5.41, 5.74) is 5.84. The molecule has 1 heterocycles. The summed E-state index contributed by atoms with van der Waals surface area (Å²) in [5, 5.41) is 2.48. The first-order valence-electron chi connectivity index (χ1n) is 12.6. The van der Waals surface area contributed by atoms with Crippen molar-refractivity contribution in [2.45, 2.75) is 12.3 Å². The van der Waals surface area contributed by atoms with Gasteiger partial charge in [-0.3, -0.25) is 0 Å². The van der Waals surface area contributed by atoms with E-state index in [9.17, 15) is 0 Å². The summed E-state index contributed by atoms with van der Waals surface area (Å²) in [6.07, 6.45) is 4.97. The lowest BCUT2D eigenvalue weighted by molar-refractivity contribution is 0.508. The third-order valence-corrected chi connectivity index (χ3v) is 6.73. The van der Waals surface area contributed by atoms with Crippen LogP contribution in [0.4, 0.5) is 0 Å². The van der Waals surface area contributed by atoms with Crippen LogP contribution in [0, 0.1) is 0 Å². The van der Waals surface area contributed by atoms with E-state index < -0.39 is 0 Å². The van der Waals surface area contributed by atoms with Gasteiger partial charge in [0.1, 0.15) is 5.76 Å². The summed E-state index contributed by atoms with van der Waals surface area (Å²) < 4.78 is 6.26. The van der Waals surface area contributed by atoms with Crippen LogP contribution in [0.15, 0.2) is 150 Å². The first-order valence-corrected chi connectivity index (χ1v) is 12.6. The summed E-state index contributed by atoms with van der Waals surface area (Å²) in [4.78, 5) is 4.59. The highest BCUT2D eigenvalue weighted by atomic mass is 16.4. The van der Waals surface area contributed by atoms with Crippen LogP contribution >= 0.6 is 0 Å². The van der Waals surface area contributed by atoms with Crippen molar-refractivity contribution in [3.05, 3.63) is 168 Å². The highest BCUT2D eigenvalue weighted by molar-refractivity contribution is 5.84. The predicted molar refractivity (Wildman–Crippen MR) is 152 cm³/mol. The Morgan fingerprint density at radius 1 is 0.649 bits per heavy atom. The van der Waals surface area contributed by atoms with Gasteiger partial charge in [0.05, 0.1) is 6.20 Å². The van der Waals surface area contributed by atoms with Gasteiger partial charge in [-0.25, -0.2) is 4.98 Å². The molecule has 0 aliphatic carbocycles. The third-order valence-electron chi connectivity index (χ3n) is 6.73. The minimum absolute atomic E-state index is 0.0941. The first kappa shape index (κ1) is 22.8. The molecular formula is C35H27NO. The number of hydrogen-bond donors (Lipinski definition) is 0. The average molecular weight is 478 g/mol. The van der Waals surface area contributed by atoms with Gasteiger partial charge in [-0.05, 0) is 45.2 Å². The lowest BCUT2D eigenvalue weighted by atomic mass is 9.87. The van der Waals surface area contributed by atoms with Crippen molar-refractivity contribution < 1.29 is 4.42 Å². The fourth-order valence-electron chi connectivity index (χ4n) is 4.84. The molecule has 2 nitrogen and oxygen atoms in total. The molecule has 0 spiro atoms. The van der Waals surface area contributed by atoms with Gasteiger partial charge in [0.25, 0.3) is 0 Å². The zero-order valence-corrected chi connectivity index (χ0v) is 20.5. The van der Waals surface area contributed by atoms with Crippen LogP contribution in [0.1, 0.15) is 28.4 Å². The Bertz CT molecular complexity index is 1590. The Labute approximate surface area is 217 Å². The van der Waals surface area contributed by atoms with Crippen LogP contribution in [0.3, 0.4) is 0 Å². The fraction of sp³-hybridized carbons (Fsp3) is 0.0571. The maximum absolute atomic E-state index is 6.26. The molecule has 0 saturated heterocycles. The number of nitrogens with zero attached hydrogens (tertiary/aromatic N) is 1. The van der Waals surface area contributed by atoms with E-state index in [1.807, 2.05) is 36.5 Å². The topological polar surface area (TPSA) is 26.0 Å². The minimum atomic E-state index is 0.0941. The van der Waals surface area contributed by atoms with Gasteiger partial charge in [0.15, 0.2) is 0 Å². The Hall–Kier alpha value is -4.69. The summed E-state index contributed by atoms with van der Waals surface area (Å²) in [5.74, 6) is 1.62. The molecule has 5 aromatic carbocycles. The number of fused-ring (bicyclic) bond motifs is 1. The molecule has 6 rings (SSSR count). The summed E-state index contributed by atoms with van der Waals surface area (Å²) in [6, 6.07) is 46.6. The molecular weight excluding hydrogens is 450 g/mol. The highest BCUT2D eigenvalue weighted by Crippen LogP contribution is 2.33. The van der Waals surface area contributed by atoms with Crippen LogP contribution in [0.25, 0.3) is 27.8 Å². The van der Waals surface area contributed by atoms with E-state index >= 15 is 0 Å². The van der Waals surface area contributed by atoms with Gasteiger partial charge in [-0.1, -0.05) is 127 Å². The molecule has 0 fully saturated rings. The molecule has 178 valence electrons. The lowest BCUT2D eigenvalue weighted by Gasteiger charge is -2.17. The van der Waals surface area contributed by atoms with Crippen LogP contribution in [0.5, 0.6) is 0 Å². The smallest absolute Gasteiger partial charge is 0.226 e. The van der Waals surface area contributed by atoms with Crippen molar-refractivity contribution in [1.29, 1.82) is 0 Å². The average Bonchev–Trinajstić information content (AvgIpc) is 3.45. The molecule has 0 aliphatic rings. The van der Waals surface area contributed by atoms with Crippen molar-refractivity contribution in [2.24, 2.45) is 0 Å². The summed E-state index contributed by atoms with van der Waals surface area (Å²) >= 11 is 0.